The number of morpholine rings is 1. The van der Waals surface area contributed by atoms with Gasteiger partial charge in [-0.05, 0) is 26.0 Å². The van der Waals surface area contributed by atoms with E-state index in [1.165, 1.54) is 0 Å². The first-order valence-electron chi connectivity index (χ1n) is 7.30. The lowest BCUT2D eigenvalue weighted by molar-refractivity contribution is -0.0402. The molecule has 1 aliphatic rings. The van der Waals surface area contributed by atoms with Crippen LogP contribution in [0.4, 0.5) is 5.69 Å². The number of benzene rings is 1. The Hall–Kier alpha value is -1.43. The van der Waals surface area contributed by atoms with Crippen molar-refractivity contribution in [1.82, 2.24) is 9.88 Å². The summed E-state index contributed by atoms with van der Waals surface area (Å²) >= 11 is 1.67. The highest BCUT2D eigenvalue weighted by Gasteiger charge is 2.25. The van der Waals surface area contributed by atoms with E-state index in [-0.39, 0.29) is 6.10 Å². The molecule has 2 aromatic rings. The van der Waals surface area contributed by atoms with Gasteiger partial charge in [-0.25, -0.2) is 4.98 Å². The number of aromatic nitrogens is 1. The molecule has 2 N–H and O–H groups in total. The maximum absolute atomic E-state index is 5.90. The number of nitrogens with two attached hydrogens (primary N) is 1. The molecule has 112 valence electrons. The lowest BCUT2D eigenvalue weighted by atomic mass is 10.1. The van der Waals surface area contributed by atoms with Crippen molar-refractivity contribution in [3.8, 4) is 11.3 Å². The molecule has 0 saturated carbocycles. The second-order valence-corrected chi connectivity index (χ2v) is 6.53. The van der Waals surface area contributed by atoms with Crippen LogP contribution in [-0.4, -0.2) is 35.6 Å². The molecule has 1 unspecified atom stereocenters. The minimum absolute atomic E-state index is 0.0842. The van der Waals surface area contributed by atoms with Gasteiger partial charge in [0.2, 0.25) is 0 Å². The summed E-state index contributed by atoms with van der Waals surface area (Å²) in [5, 5.41) is 3.14. The molecule has 1 saturated heterocycles. The molecule has 0 amide bonds. The van der Waals surface area contributed by atoms with E-state index in [9.17, 15) is 0 Å². The van der Waals surface area contributed by atoms with Gasteiger partial charge in [0.15, 0.2) is 0 Å². The minimum Gasteiger partial charge on any atom is -0.399 e. The summed E-state index contributed by atoms with van der Waals surface area (Å²) in [6, 6.07) is 8.39. The average Bonchev–Trinajstić information content (AvgIpc) is 2.97. The van der Waals surface area contributed by atoms with Gasteiger partial charge in [0, 0.05) is 35.8 Å². The molecule has 2 heterocycles. The molecule has 5 heteroatoms. The van der Waals surface area contributed by atoms with Crippen LogP contribution >= 0.6 is 11.3 Å². The second-order valence-electron chi connectivity index (χ2n) is 5.64. The number of anilines is 1. The molecule has 21 heavy (non-hydrogen) atoms. The number of hydrogen-bond donors (Lipinski definition) is 1. The third kappa shape index (κ3) is 3.26. The van der Waals surface area contributed by atoms with Crippen LogP contribution in [0.2, 0.25) is 0 Å². The van der Waals surface area contributed by atoms with Crippen molar-refractivity contribution in [3.63, 3.8) is 0 Å². The Morgan fingerprint density at radius 2 is 2.29 bits per heavy atom. The standard InChI is InChI=1S/C16H21N3OS/c1-11(2)19-6-7-20-15(9-19)16-18-14(10-21-16)12-4-3-5-13(17)8-12/h3-5,8,10-11,15H,6-7,9,17H2,1-2H3. The molecule has 1 fully saturated rings. The maximum Gasteiger partial charge on any atom is 0.124 e. The van der Waals surface area contributed by atoms with Crippen LogP contribution in [0.3, 0.4) is 0 Å². The Kier molecular flexibility index (Phi) is 4.24. The van der Waals surface area contributed by atoms with Crippen LogP contribution < -0.4 is 5.73 Å². The van der Waals surface area contributed by atoms with Crippen LogP contribution in [0.15, 0.2) is 29.6 Å². The zero-order chi connectivity index (χ0) is 14.8. The Labute approximate surface area is 129 Å². The van der Waals surface area contributed by atoms with E-state index < -0.39 is 0 Å². The maximum atomic E-state index is 5.90. The predicted octanol–water partition coefficient (Wildman–Crippen LogP) is 3.17. The third-order valence-electron chi connectivity index (χ3n) is 3.81. The fourth-order valence-corrected chi connectivity index (χ4v) is 3.42. The lowest BCUT2D eigenvalue weighted by Crippen LogP contribution is -2.42. The first-order valence-corrected chi connectivity index (χ1v) is 8.18. The van der Waals surface area contributed by atoms with Crippen molar-refractivity contribution < 1.29 is 4.74 Å². The van der Waals surface area contributed by atoms with Gasteiger partial charge in [-0.2, -0.15) is 0 Å². The second kappa shape index (κ2) is 6.13. The molecule has 3 rings (SSSR count). The quantitative estimate of drug-likeness (QED) is 0.885. The molecular weight excluding hydrogens is 282 g/mol. The molecule has 0 radical (unpaired) electrons. The number of ether oxygens (including phenoxy) is 1. The monoisotopic (exact) mass is 303 g/mol. The number of rotatable bonds is 3. The minimum atomic E-state index is 0.0842. The molecule has 4 nitrogen and oxygen atoms in total. The first-order chi connectivity index (χ1) is 10.1. The summed E-state index contributed by atoms with van der Waals surface area (Å²) in [5.41, 5.74) is 8.65. The number of nitrogen functional groups attached to an aromatic ring is 1. The Morgan fingerprint density at radius 3 is 3.05 bits per heavy atom. The van der Waals surface area contributed by atoms with Crippen molar-refractivity contribution in [1.29, 1.82) is 0 Å². The smallest absolute Gasteiger partial charge is 0.124 e. The van der Waals surface area contributed by atoms with Crippen molar-refractivity contribution in [2.75, 3.05) is 25.4 Å². The van der Waals surface area contributed by atoms with Crippen LogP contribution in [0.1, 0.15) is 25.0 Å². The van der Waals surface area contributed by atoms with E-state index >= 15 is 0 Å². The lowest BCUT2D eigenvalue weighted by Gasteiger charge is -2.34. The summed E-state index contributed by atoms with van der Waals surface area (Å²) in [5.74, 6) is 0. The van der Waals surface area contributed by atoms with Gasteiger partial charge in [-0.1, -0.05) is 12.1 Å². The fourth-order valence-electron chi connectivity index (χ4n) is 2.55. The van der Waals surface area contributed by atoms with Crippen LogP contribution in [0, 0.1) is 0 Å². The highest BCUT2D eigenvalue weighted by atomic mass is 32.1. The van der Waals surface area contributed by atoms with Gasteiger partial charge in [0.25, 0.3) is 0 Å². The SMILES string of the molecule is CC(C)N1CCOC(c2nc(-c3cccc(N)c3)cs2)C1. The van der Waals surface area contributed by atoms with Crippen molar-refractivity contribution in [3.05, 3.63) is 34.7 Å². The molecule has 1 aliphatic heterocycles. The molecule has 1 atom stereocenters. The number of hydrogen-bond acceptors (Lipinski definition) is 5. The molecule has 0 bridgehead atoms. The summed E-state index contributed by atoms with van der Waals surface area (Å²) in [7, 11) is 0. The normalized spacial score (nSPS) is 20.0. The molecular formula is C16H21N3OS. The Morgan fingerprint density at radius 1 is 1.43 bits per heavy atom. The van der Waals surface area contributed by atoms with Gasteiger partial charge in [0.05, 0.1) is 12.3 Å². The summed E-state index contributed by atoms with van der Waals surface area (Å²) < 4.78 is 5.90. The van der Waals surface area contributed by atoms with Crippen molar-refractivity contribution in [2.45, 2.75) is 26.0 Å². The van der Waals surface area contributed by atoms with E-state index in [4.69, 9.17) is 15.5 Å². The van der Waals surface area contributed by atoms with Crippen LogP contribution in [-0.2, 0) is 4.74 Å². The van der Waals surface area contributed by atoms with Gasteiger partial charge in [-0.15, -0.1) is 11.3 Å². The largest absolute Gasteiger partial charge is 0.399 e. The molecule has 0 aliphatic carbocycles. The summed E-state index contributed by atoms with van der Waals surface area (Å²) in [6.45, 7) is 7.14. The van der Waals surface area contributed by atoms with E-state index in [2.05, 4.69) is 24.1 Å². The highest BCUT2D eigenvalue weighted by molar-refractivity contribution is 7.10. The van der Waals surface area contributed by atoms with Crippen LogP contribution in [0.25, 0.3) is 11.3 Å². The third-order valence-corrected chi connectivity index (χ3v) is 4.74. The zero-order valence-corrected chi connectivity index (χ0v) is 13.3. The van der Waals surface area contributed by atoms with E-state index in [0.717, 1.165) is 41.6 Å². The highest BCUT2D eigenvalue weighted by Crippen LogP contribution is 2.30. The van der Waals surface area contributed by atoms with E-state index in [1.54, 1.807) is 11.3 Å². The van der Waals surface area contributed by atoms with Crippen molar-refractivity contribution in [2.24, 2.45) is 0 Å². The molecule has 0 spiro atoms. The van der Waals surface area contributed by atoms with Crippen molar-refractivity contribution >= 4 is 17.0 Å². The predicted molar refractivity (Wildman–Crippen MR) is 87.4 cm³/mol. The summed E-state index contributed by atoms with van der Waals surface area (Å²) in [6.07, 6.45) is 0.0842. The average molecular weight is 303 g/mol. The topological polar surface area (TPSA) is 51.4 Å². The van der Waals surface area contributed by atoms with E-state index in [0.29, 0.717) is 6.04 Å². The molecule has 1 aromatic carbocycles. The molecule has 1 aromatic heterocycles. The van der Waals surface area contributed by atoms with E-state index in [1.807, 2.05) is 24.3 Å². The van der Waals surface area contributed by atoms with Gasteiger partial charge in [0.1, 0.15) is 11.1 Å². The summed E-state index contributed by atoms with van der Waals surface area (Å²) in [4.78, 5) is 7.19. The van der Waals surface area contributed by atoms with Crippen LogP contribution in [0.5, 0.6) is 0 Å². The fraction of sp³-hybridized carbons (Fsp3) is 0.438. The first kappa shape index (κ1) is 14.5. The number of nitrogens with zero attached hydrogens (tertiary/aromatic N) is 2. The number of thiazole rings is 1. The zero-order valence-electron chi connectivity index (χ0n) is 12.5. The van der Waals surface area contributed by atoms with Gasteiger partial charge >= 0.3 is 0 Å². The van der Waals surface area contributed by atoms with Gasteiger partial charge in [-0.3, -0.25) is 4.90 Å². The van der Waals surface area contributed by atoms with Gasteiger partial charge < -0.3 is 10.5 Å². The Bertz CT molecular complexity index is 611. The Balaban J connectivity index is 1.78.